The molecule has 0 spiro atoms. The van der Waals surface area contributed by atoms with Crippen LogP contribution in [0.3, 0.4) is 0 Å². The molecule has 2 aliphatic rings. The monoisotopic (exact) mass is 507 g/mol. The number of hydrogen-bond donors (Lipinski definition) is 2. The van der Waals surface area contributed by atoms with Gasteiger partial charge in [0.25, 0.3) is 0 Å². The lowest BCUT2D eigenvalue weighted by atomic mass is 10.1. The van der Waals surface area contributed by atoms with Gasteiger partial charge in [0.1, 0.15) is 24.1 Å². The fraction of sp³-hybridized carbons (Fsp3) is 0.409. The van der Waals surface area contributed by atoms with Crippen molar-refractivity contribution in [2.45, 2.75) is 25.1 Å². The molecule has 2 fully saturated rings. The van der Waals surface area contributed by atoms with Gasteiger partial charge in [0.05, 0.1) is 11.6 Å². The quantitative estimate of drug-likeness (QED) is 0.550. The van der Waals surface area contributed by atoms with Crippen molar-refractivity contribution in [3.8, 4) is 11.4 Å². The lowest BCUT2D eigenvalue weighted by Crippen LogP contribution is -2.61. The maximum absolute atomic E-state index is 12.8. The minimum Gasteiger partial charge on any atom is -0.345 e. The van der Waals surface area contributed by atoms with E-state index in [9.17, 15) is 22.8 Å². The molecule has 3 aromatic heterocycles. The molecule has 2 N–H and O–H groups in total. The van der Waals surface area contributed by atoms with Gasteiger partial charge in [0.15, 0.2) is 5.82 Å². The van der Waals surface area contributed by atoms with E-state index in [1.807, 2.05) is 5.32 Å². The molecule has 1 saturated heterocycles. The Labute approximate surface area is 202 Å². The number of H-pyrrole nitrogens is 1. The second-order valence-electron chi connectivity index (χ2n) is 8.59. The van der Waals surface area contributed by atoms with Crippen molar-refractivity contribution in [1.29, 1.82) is 0 Å². The highest BCUT2D eigenvalue weighted by atomic mass is 35.5. The summed E-state index contributed by atoms with van der Waals surface area (Å²) < 4.78 is 38.3. The molecule has 0 bridgehead atoms. The van der Waals surface area contributed by atoms with E-state index in [4.69, 9.17) is 11.6 Å². The Morgan fingerprint density at radius 3 is 2.77 bits per heavy atom. The molecule has 5 rings (SSSR count). The topological polar surface area (TPSA) is 107 Å². The van der Waals surface area contributed by atoms with Gasteiger partial charge in [-0.3, -0.25) is 9.59 Å². The second kappa shape index (κ2) is 8.99. The molecule has 13 heteroatoms. The van der Waals surface area contributed by atoms with Crippen LogP contribution in [0, 0.1) is 5.92 Å². The number of halogens is 4. The molecule has 1 aliphatic heterocycles. The summed E-state index contributed by atoms with van der Waals surface area (Å²) in [5, 5.41) is 3.09. The zero-order valence-electron chi connectivity index (χ0n) is 18.3. The highest BCUT2D eigenvalue weighted by Crippen LogP contribution is 2.33. The lowest BCUT2D eigenvalue weighted by molar-refractivity contribution is -0.141. The molecule has 35 heavy (non-hydrogen) atoms. The summed E-state index contributed by atoms with van der Waals surface area (Å²) in [4.78, 5) is 44.8. The molecular formula is C22H21ClF3N7O2. The first-order valence-corrected chi connectivity index (χ1v) is 11.4. The summed E-state index contributed by atoms with van der Waals surface area (Å²) in [6.07, 6.45) is 1.75. The Morgan fingerprint density at radius 2 is 2.03 bits per heavy atom. The fourth-order valence-electron chi connectivity index (χ4n) is 4.18. The molecule has 1 atom stereocenters. The normalized spacial score (nSPS) is 18.7. The van der Waals surface area contributed by atoms with Gasteiger partial charge in [-0.2, -0.15) is 13.2 Å². The van der Waals surface area contributed by atoms with Crippen LogP contribution < -0.4 is 10.2 Å². The van der Waals surface area contributed by atoms with E-state index in [2.05, 4.69) is 19.9 Å². The number of carbonyl (C=O) groups excluding carboxylic acids is 2. The van der Waals surface area contributed by atoms with E-state index in [0.717, 1.165) is 12.8 Å². The largest absolute Gasteiger partial charge is 0.405 e. The van der Waals surface area contributed by atoms with Crippen molar-refractivity contribution in [2.24, 2.45) is 5.92 Å². The molecule has 2 amide bonds. The average Bonchev–Trinajstić information content (AvgIpc) is 3.61. The maximum Gasteiger partial charge on any atom is 0.405 e. The van der Waals surface area contributed by atoms with E-state index in [1.54, 1.807) is 28.1 Å². The summed E-state index contributed by atoms with van der Waals surface area (Å²) in [7, 11) is 0. The van der Waals surface area contributed by atoms with Gasteiger partial charge in [-0.15, -0.1) is 0 Å². The number of fused-ring (bicyclic) bond motifs is 1. The van der Waals surface area contributed by atoms with Gasteiger partial charge < -0.3 is 20.1 Å². The Hall–Kier alpha value is -3.41. The first-order chi connectivity index (χ1) is 16.7. The minimum absolute atomic E-state index is 0.0228. The van der Waals surface area contributed by atoms with Gasteiger partial charge in [-0.05, 0) is 25.0 Å². The number of rotatable bonds is 5. The number of nitrogens with zero attached hydrogens (tertiary/aromatic N) is 5. The molecule has 184 valence electrons. The van der Waals surface area contributed by atoms with Crippen molar-refractivity contribution < 1.29 is 22.8 Å². The molecule has 1 aliphatic carbocycles. The van der Waals surface area contributed by atoms with Crippen LogP contribution in [-0.4, -0.2) is 75.0 Å². The van der Waals surface area contributed by atoms with E-state index in [-0.39, 0.29) is 24.9 Å². The number of aromatic amines is 1. The number of amides is 2. The van der Waals surface area contributed by atoms with Crippen LogP contribution in [0.4, 0.5) is 19.0 Å². The summed E-state index contributed by atoms with van der Waals surface area (Å²) >= 11 is 6.09. The van der Waals surface area contributed by atoms with Crippen LogP contribution in [0.2, 0.25) is 5.02 Å². The Bertz CT molecular complexity index is 1280. The summed E-state index contributed by atoms with van der Waals surface area (Å²) in [5.41, 5.74) is 1.23. The van der Waals surface area contributed by atoms with Crippen molar-refractivity contribution in [1.82, 2.24) is 30.2 Å². The zero-order chi connectivity index (χ0) is 24.7. The number of alkyl halides is 3. The molecule has 9 nitrogen and oxygen atoms in total. The fourth-order valence-corrected chi connectivity index (χ4v) is 4.34. The predicted molar refractivity (Wildman–Crippen MR) is 122 cm³/mol. The maximum atomic E-state index is 12.8. The van der Waals surface area contributed by atoms with Crippen LogP contribution >= 0.6 is 11.6 Å². The molecule has 3 aromatic rings. The third-order valence-corrected chi connectivity index (χ3v) is 6.26. The third kappa shape index (κ3) is 5.02. The van der Waals surface area contributed by atoms with Crippen LogP contribution in [0.25, 0.3) is 22.4 Å². The molecule has 0 unspecified atom stereocenters. The second-order valence-corrected chi connectivity index (χ2v) is 9.03. The minimum atomic E-state index is -4.55. The number of nitrogens with one attached hydrogen (secondary N) is 2. The molecule has 1 saturated carbocycles. The van der Waals surface area contributed by atoms with Gasteiger partial charge in [-0.1, -0.05) is 11.6 Å². The number of hydrogen-bond acceptors (Lipinski definition) is 6. The first-order valence-electron chi connectivity index (χ1n) is 11.1. The Balaban J connectivity index is 1.44. The van der Waals surface area contributed by atoms with Gasteiger partial charge in [0.2, 0.25) is 11.8 Å². The zero-order valence-corrected chi connectivity index (χ0v) is 19.1. The molecule has 0 radical (unpaired) electrons. The smallest absolute Gasteiger partial charge is 0.345 e. The summed E-state index contributed by atoms with van der Waals surface area (Å²) in [5.74, 6) is -0.245. The highest BCUT2D eigenvalue weighted by Gasteiger charge is 2.40. The molecule has 4 heterocycles. The Kier molecular flexibility index (Phi) is 5.99. The Morgan fingerprint density at radius 1 is 1.23 bits per heavy atom. The van der Waals surface area contributed by atoms with Crippen LogP contribution in [0.1, 0.15) is 12.8 Å². The van der Waals surface area contributed by atoms with Crippen molar-refractivity contribution in [3.63, 3.8) is 0 Å². The van der Waals surface area contributed by atoms with Gasteiger partial charge in [-0.25, -0.2) is 15.0 Å². The number of piperazine rings is 1. The molecular weight excluding hydrogens is 487 g/mol. The van der Waals surface area contributed by atoms with Gasteiger partial charge in [0, 0.05) is 48.5 Å². The molecule has 0 aromatic carbocycles. The van der Waals surface area contributed by atoms with E-state index in [1.165, 1.54) is 12.4 Å². The van der Waals surface area contributed by atoms with E-state index in [0.29, 0.717) is 39.8 Å². The number of anilines is 1. The number of carbonyl (C=O) groups is 2. The van der Waals surface area contributed by atoms with E-state index < -0.39 is 24.7 Å². The van der Waals surface area contributed by atoms with Crippen LogP contribution in [0.5, 0.6) is 0 Å². The van der Waals surface area contributed by atoms with Crippen LogP contribution in [-0.2, 0) is 9.59 Å². The average molecular weight is 508 g/mol. The van der Waals surface area contributed by atoms with Gasteiger partial charge >= 0.3 is 6.18 Å². The third-order valence-electron chi connectivity index (χ3n) is 6.06. The van der Waals surface area contributed by atoms with Crippen LogP contribution in [0.15, 0.2) is 30.7 Å². The summed E-state index contributed by atoms with van der Waals surface area (Å²) in [6, 6.07) is 2.28. The van der Waals surface area contributed by atoms with Crippen molar-refractivity contribution >= 4 is 40.3 Å². The summed E-state index contributed by atoms with van der Waals surface area (Å²) in [6.45, 7) is -0.902. The lowest BCUT2D eigenvalue weighted by Gasteiger charge is -2.41. The van der Waals surface area contributed by atoms with E-state index >= 15 is 0 Å². The van der Waals surface area contributed by atoms with Crippen molar-refractivity contribution in [3.05, 3.63) is 35.7 Å². The number of aromatic nitrogens is 4. The number of pyridine rings is 1. The SMILES string of the molecule is O=C(NCC(F)(F)F)[C@@H]1CN(C(=O)C2CC2)CCN1c1ccnc(-c2c[nH]c3ncc(Cl)cc23)n1. The standard InChI is InChI=1S/C22H21ClF3N7O2/c23-13-7-14-15(9-29-18(14)28-8-13)19-27-4-3-17(31-19)33-6-5-32(21(35)12-1-2-12)10-16(33)20(34)30-11-22(24,25)26/h3-4,7-9,12,16H,1-2,5-6,10-11H2,(H,28,29)(H,30,34)/t16-/m0/s1. The first kappa shape index (κ1) is 23.3. The predicted octanol–water partition coefficient (Wildman–Crippen LogP) is 2.78. The van der Waals surface area contributed by atoms with Crippen molar-refractivity contribution in [2.75, 3.05) is 31.1 Å². The highest BCUT2D eigenvalue weighted by molar-refractivity contribution is 6.31.